The SMILES string of the molecule is Cc1ccccc1[C@H]1c2ccsc2CCN1CC(=O)N1CCCN(S(=O)(=O)c2ccc(Cl)cc2)CC1. The van der Waals surface area contributed by atoms with Gasteiger partial charge >= 0.3 is 0 Å². The van der Waals surface area contributed by atoms with Crippen LogP contribution in [0.25, 0.3) is 0 Å². The van der Waals surface area contributed by atoms with Gasteiger partial charge in [-0.3, -0.25) is 9.69 Å². The number of hydrogen-bond acceptors (Lipinski definition) is 5. The number of halogens is 1. The summed E-state index contributed by atoms with van der Waals surface area (Å²) in [5.74, 6) is 0.0537. The summed E-state index contributed by atoms with van der Waals surface area (Å²) in [6.45, 7) is 4.88. The number of fused-ring (bicyclic) bond motifs is 1. The van der Waals surface area contributed by atoms with Crippen LogP contribution in [0.4, 0.5) is 0 Å². The Kier molecular flexibility index (Phi) is 7.51. The molecule has 0 saturated carbocycles. The van der Waals surface area contributed by atoms with Crippen LogP contribution in [0.5, 0.6) is 0 Å². The van der Waals surface area contributed by atoms with Gasteiger partial charge in [-0.1, -0.05) is 35.9 Å². The van der Waals surface area contributed by atoms with Crippen LogP contribution in [0.3, 0.4) is 0 Å². The van der Waals surface area contributed by atoms with Crippen LogP contribution in [-0.2, 0) is 21.2 Å². The molecule has 9 heteroatoms. The van der Waals surface area contributed by atoms with Crippen LogP contribution >= 0.6 is 22.9 Å². The summed E-state index contributed by atoms with van der Waals surface area (Å²) in [5, 5.41) is 2.64. The van der Waals surface area contributed by atoms with E-state index in [1.165, 1.54) is 38.0 Å². The summed E-state index contributed by atoms with van der Waals surface area (Å²) in [7, 11) is -3.63. The average Bonchev–Trinajstić information content (AvgIpc) is 3.19. The number of thiophene rings is 1. The molecular weight excluding hydrogens is 514 g/mol. The number of sulfonamides is 1. The molecule has 1 aromatic heterocycles. The van der Waals surface area contributed by atoms with Gasteiger partial charge < -0.3 is 4.90 Å². The Labute approximate surface area is 222 Å². The van der Waals surface area contributed by atoms with Crippen LogP contribution < -0.4 is 0 Å². The van der Waals surface area contributed by atoms with Crippen molar-refractivity contribution < 1.29 is 13.2 Å². The first-order valence-corrected chi connectivity index (χ1v) is 14.9. The van der Waals surface area contributed by atoms with Gasteiger partial charge in [0.05, 0.1) is 17.5 Å². The Balaban J connectivity index is 1.30. The fourth-order valence-electron chi connectivity index (χ4n) is 5.21. The zero-order valence-electron chi connectivity index (χ0n) is 20.3. The fourth-order valence-corrected chi connectivity index (χ4v) is 7.71. The van der Waals surface area contributed by atoms with Crippen molar-refractivity contribution in [2.45, 2.75) is 30.7 Å². The molecule has 1 fully saturated rings. The first-order chi connectivity index (χ1) is 17.3. The number of carbonyl (C=O) groups is 1. The minimum atomic E-state index is -3.63. The molecule has 190 valence electrons. The molecule has 2 aliphatic heterocycles. The Bertz CT molecular complexity index is 1340. The van der Waals surface area contributed by atoms with Gasteiger partial charge in [0.15, 0.2) is 0 Å². The molecule has 0 N–H and O–H groups in total. The van der Waals surface area contributed by atoms with Crippen molar-refractivity contribution in [1.82, 2.24) is 14.1 Å². The Morgan fingerprint density at radius 1 is 0.972 bits per heavy atom. The molecule has 2 aromatic carbocycles. The predicted molar refractivity (Wildman–Crippen MR) is 144 cm³/mol. The lowest BCUT2D eigenvalue weighted by molar-refractivity contribution is -0.132. The number of nitrogens with zero attached hydrogens (tertiary/aromatic N) is 3. The van der Waals surface area contributed by atoms with Crippen molar-refractivity contribution in [3.63, 3.8) is 0 Å². The summed E-state index contributed by atoms with van der Waals surface area (Å²) in [4.78, 5) is 19.2. The highest BCUT2D eigenvalue weighted by atomic mass is 35.5. The summed E-state index contributed by atoms with van der Waals surface area (Å²) < 4.78 is 27.8. The number of carbonyl (C=O) groups excluding carboxylic acids is 1. The largest absolute Gasteiger partial charge is 0.340 e. The molecular formula is C27H30ClN3O3S2. The van der Waals surface area contributed by atoms with Gasteiger partial charge in [-0.15, -0.1) is 11.3 Å². The molecule has 0 unspecified atom stereocenters. The Hall–Kier alpha value is -2.23. The number of aryl methyl sites for hydroxylation is 1. The molecule has 1 saturated heterocycles. The Morgan fingerprint density at radius 2 is 1.75 bits per heavy atom. The third-order valence-corrected chi connectivity index (χ3v) is 10.3. The van der Waals surface area contributed by atoms with E-state index in [9.17, 15) is 13.2 Å². The topological polar surface area (TPSA) is 60.9 Å². The van der Waals surface area contributed by atoms with Crippen molar-refractivity contribution in [2.75, 3.05) is 39.3 Å². The lowest BCUT2D eigenvalue weighted by Crippen LogP contribution is -2.45. The minimum Gasteiger partial charge on any atom is -0.340 e. The molecule has 3 aromatic rings. The fraction of sp³-hybridized carbons (Fsp3) is 0.370. The van der Waals surface area contributed by atoms with Gasteiger partial charge in [0.1, 0.15) is 0 Å². The van der Waals surface area contributed by atoms with E-state index in [-0.39, 0.29) is 23.4 Å². The van der Waals surface area contributed by atoms with E-state index < -0.39 is 10.0 Å². The van der Waals surface area contributed by atoms with Crippen molar-refractivity contribution in [3.05, 3.63) is 86.6 Å². The normalized spacial score (nSPS) is 19.6. The molecule has 0 aliphatic carbocycles. The zero-order chi connectivity index (χ0) is 25.3. The number of benzene rings is 2. The lowest BCUT2D eigenvalue weighted by atomic mass is 9.90. The Morgan fingerprint density at radius 3 is 2.53 bits per heavy atom. The molecule has 5 rings (SSSR count). The minimum absolute atomic E-state index is 0.0537. The molecule has 1 amide bonds. The van der Waals surface area contributed by atoms with Gasteiger partial charge in [0, 0.05) is 42.6 Å². The van der Waals surface area contributed by atoms with E-state index in [1.54, 1.807) is 23.5 Å². The molecule has 36 heavy (non-hydrogen) atoms. The average molecular weight is 544 g/mol. The highest BCUT2D eigenvalue weighted by Crippen LogP contribution is 2.38. The third-order valence-electron chi connectivity index (χ3n) is 7.15. The van der Waals surface area contributed by atoms with E-state index >= 15 is 0 Å². The summed E-state index contributed by atoms with van der Waals surface area (Å²) in [6, 6.07) is 16.9. The maximum absolute atomic E-state index is 13.5. The standard InChI is InChI=1S/C27H30ClN3O3S2/c1-20-5-2-3-6-23(20)27-24-12-18-35-25(24)11-15-30(27)19-26(32)29-13-4-14-31(17-16-29)36(33,34)22-9-7-21(28)8-10-22/h2-3,5-10,12,18,27H,4,11,13-17,19H2,1H3/t27-/m0/s1. The molecule has 1 atom stereocenters. The highest BCUT2D eigenvalue weighted by molar-refractivity contribution is 7.89. The first kappa shape index (κ1) is 25.4. The van der Waals surface area contributed by atoms with Gasteiger partial charge in [-0.25, -0.2) is 8.42 Å². The van der Waals surface area contributed by atoms with Gasteiger partial charge in [-0.2, -0.15) is 4.31 Å². The van der Waals surface area contributed by atoms with E-state index in [4.69, 9.17) is 11.6 Å². The van der Waals surface area contributed by atoms with E-state index in [0.717, 1.165) is 13.0 Å². The lowest BCUT2D eigenvalue weighted by Gasteiger charge is -2.37. The van der Waals surface area contributed by atoms with E-state index in [1.807, 2.05) is 11.0 Å². The molecule has 3 heterocycles. The van der Waals surface area contributed by atoms with Crippen molar-refractivity contribution in [1.29, 1.82) is 0 Å². The summed E-state index contributed by atoms with van der Waals surface area (Å²) >= 11 is 7.72. The van der Waals surface area contributed by atoms with Gasteiger partial charge in [0.25, 0.3) is 0 Å². The van der Waals surface area contributed by atoms with Gasteiger partial charge in [-0.05, 0) is 72.2 Å². The van der Waals surface area contributed by atoms with Crippen molar-refractivity contribution >= 4 is 38.9 Å². The zero-order valence-corrected chi connectivity index (χ0v) is 22.7. The number of hydrogen-bond donors (Lipinski definition) is 0. The number of amides is 1. The molecule has 0 bridgehead atoms. The van der Waals surface area contributed by atoms with Crippen molar-refractivity contribution in [3.8, 4) is 0 Å². The first-order valence-electron chi connectivity index (χ1n) is 12.2. The molecule has 0 spiro atoms. The second-order valence-electron chi connectivity index (χ2n) is 9.37. The van der Waals surface area contributed by atoms with Crippen LogP contribution in [-0.4, -0.2) is 67.7 Å². The van der Waals surface area contributed by atoms with Gasteiger partial charge in [0.2, 0.25) is 15.9 Å². The van der Waals surface area contributed by atoms with E-state index in [2.05, 4.69) is 41.5 Å². The predicted octanol–water partition coefficient (Wildman–Crippen LogP) is 4.58. The second-order valence-corrected chi connectivity index (χ2v) is 12.7. The monoisotopic (exact) mass is 543 g/mol. The third kappa shape index (κ3) is 5.10. The molecule has 2 aliphatic rings. The molecule has 6 nitrogen and oxygen atoms in total. The second kappa shape index (κ2) is 10.6. The van der Waals surface area contributed by atoms with Crippen LogP contribution in [0.2, 0.25) is 5.02 Å². The van der Waals surface area contributed by atoms with E-state index in [0.29, 0.717) is 37.6 Å². The molecule has 0 radical (unpaired) electrons. The smallest absolute Gasteiger partial charge is 0.243 e. The summed E-state index contributed by atoms with van der Waals surface area (Å²) in [6.07, 6.45) is 1.55. The highest BCUT2D eigenvalue weighted by Gasteiger charge is 2.34. The number of rotatable bonds is 5. The maximum atomic E-state index is 13.5. The van der Waals surface area contributed by atoms with Crippen LogP contribution in [0, 0.1) is 6.92 Å². The van der Waals surface area contributed by atoms with Crippen LogP contribution in [0.1, 0.15) is 34.0 Å². The summed E-state index contributed by atoms with van der Waals surface area (Å²) in [5.41, 5.74) is 3.75. The van der Waals surface area contributed by atoms with Crippen molar-refractivity contribution in [2.24, 2.45) is 0 Å². The van der Waals surface area contributed by atoms with Crippen LogP contribution in [0.15, 0.2) is 64.9 Å². The quantitative estimate of drug-likeness (QED) is 0.472. The maximum Gasteiger partial charge on any atom is 0.243 e.